The van der Waals surface area contributed by atoms with Gasteiger partial charge in [-0.3, -0.25) is 9.80 Å². The first kappa shape index (κ1) is 14.0. The lowest BCUT2D eigenvalue weighted by Gasteiger charge is -2.25. The number of carbonyl (C=O) groups is 1. The van der Waals surface area contributed by atoms with E-state index in [9.17, 15) is 4.79 Å². The smallest absolute Gasteiger partial charge is 0.151 e. The second-order valence-corrected chi connectivity index (χ2v) is 5.46. The fraction of sp³-hybridized carbons (Fsp3) is 0.278. The Labute approximate surface area is 125 Å². The van der Waals surface area contributed by atoms with Gasteiger partial charge in [0, 0.05) is 26.2 Å². The van der Waals surface area contributed by atoms with Gasteiger partial charge < -0.3 is 4.79 Å². The third kappa shape index (κ3) is 3.38. The van der Waals surface area contributed by atoms with Crippen molar-refractivity contribution in [2.75, 3.05) is 13.1 Å². The van der Waals surface area contributed by atoms with Crippen LogP contribution in [0.2, 0.25) is 0 Å². The second kappa shape index (κ2) is 6.66. The Morgan fingerprint density at radius 1 is 0.810 bits per heavy atom. The van der Waals surface area contributed by atoms with E-state index < -0.39 is 0 Å². The van der Waals surface area contributed by atoms with Crippen LogP contribution >= 0.6 is 0 Å². The molecule has 1 aliphatic heterocycles. The van der Waals surface area contributed by atoms with Crippen LogP contribution in [0.1, 0.15) is 11.1 Å². The van der Waals surface area contributed by atoms with Crippen LogP contribution in [0.25, 0.3) is 0 Å². The Hall–Kier alpha value is -1.97. The average Bonchev–Trinajstić information content (AvgIpc) is 2.91. The molecule has 3 nitrogen and oxygen atoms in total. The third-order valence-electron chi connectivity index (χ3n) is 4.00. The zero-order chi connectivity index (χ0) is 14.5. The minimum Gasteiger partial charge on any atom is -0.300 e. The standard InChI is InChI=1S/C18H20N2O/c21-15-18-19(13-16-7-3-1-4-8-16)11-12-20(18)14-17-9-5-2-6-10-17/h1-10,15,18H,11-14H2. The Bertz CT molecular complexity index is 521. The zero-order valence-electron chi connectivity index (χ0n) is 12.1. The van der Waals surface area contributed by atoms with Gasteiger partial charge in [-0.05, 0) is 11.1 Å². The summed E-state index contributed by atoms with van der Waals surface area (Å²) in [4.78, 5) is 16.0. The summed E-state index contributed by atoms with van der Waals surface area (Å²) in [7, 11) is 0. The fourth-order valence-corrected chi connectivity index (χ4v) is 2.91. The predicted octanol–water partition coefficient (Wildman–Crippen LogP) is 2.53. The Morgan fingerprint density at radius 3 is 1.62 bits per heavy atom. The van der Waals surface area contributed by atoms with E-state index in [0.717, 1.165) is 32.5 Å². The summed E-state index contributed by atoms with van der Waals surface area (Å²) >= 11 is 0. The monoisotopic (exact) mass is 280 g/mol. The van der Waals surface area contributed by atoms with Crippen molar-refractivity contribution < 1.29 is 4.79 Å². The molecule has 108 valence electrons. The van der Waals surface area contributed by atoms with Gasteiger partial charge in [-0.25, -0.2) is 0 Å². The van der Waals surface area contributed by atoms with Crippen LogP contribution in [-0.4, -0.2) is 35.3 Å². The van der Waals surface area contributed by atoms with E-state index in [1.165, 1.54) is 11.1 Å². The van der Waals surface area contributed by atoms with Gasteiger partial charge in [0.2, 0.25) is 0 Å². The first-order valence-corrected chi connectivity index (χ1v) is 7.38. The highest BCUT2D eigenvalue weighted by atomic mass is 16.1. The van der Waals surface area contributed by atoms with Crippen molar-refractivity contribution in [2.45, 2.75) is 19.3 Å². The van der Waals surface area contributed by atoms with Crippen LogP contribution < -0.4 is 0 Å². The summed E-state index contributed by atoms with van der Waals surface area (Å²) in [6.07, 6.45) is 0.948. The van der Waals surface area contributed by atoms with Crippen molar-refractivity contribution in [1.29, 1.82) is 0 Å². The molecule has 2 aromatic carbocycles. The average molecular weight is 280 g/mol. The molecule has 0 bridgehead atoms. The number of rotatable bonds is 5. The van der Waals surface area contributed by atoms with Crippen LogP contribution in [0.5, 0.6) is 0 Å². The van der Waals surface area contributed by atoms with Crippen molar-refractivity contribution in [3.05, 3.63) is 71.8 Å². The van der Waals surface area contributed by atoms with E-state index in [1.807, 2.05) is 36.4 Å². The van der Waals surface area contributed by atoms with Gasteiger partial charge in [0.05, 0.1) is 0 Å². The molecule has 1 heterocycles. The molecule has 0 unspecified atom stereocenters. The van der Waals surface area contributed by atoms with E-state index >= 15 is 0 Å². The first-order chi connectivity index (χ1) is 10.4. The summed E-state index contributed by atoms with van der Waals surface area (Å²) in [5.41, 5.74) is 2.51. The van der Waals surface area contributed by atoms with E-state index in [-0.39, 0.29) is 6.17 Å². The summed E-state index contributed by atoms with van der Waals surface area (Å²) < 4.78 is 0. The minimum atomic E-state index is -0.120. The Kier molecular flexibility index (Phi) is 4.43. The maximum atomic E-state index is 11.5. The molecule has 0 spiro atoms. The summed E-state index contributed by atoms with van der Waals surface area (Å²) in [6, 6.07) is 20.7. The molecule has 0 aromatic heterocycles. The normalized spacial score (nSPS) is 17.1. The Morgan fingerprint density at radius 2 is 1.24 bits per heavy atom. The SMILES string of the molecule is O=CC1N(Cc2ccccc2)CCN1Cc1ccccc1. The van der Waals surface area contributed by atoms with Gasteiger partial charge in [-0.15, -0.1) is 0 Å². The van der Waals surface area contributed by atoms with E-state index in [0.29, 0.717) is 0 Å². The molecule has 0 aliphatic carbocycles. The summed E-state index contributed by atoms with van der Waals surface area (Å²) in [5.74, 6) is 0. The van der Waals surface area contributed by atoms with Crippen LogP contribution in [0.4, 0.5) is 0 Å². The quantitative estimate of drug-likeness (QED) is 0.786. The fourth-order valence-electron chi connectivity index (χ4n) is 2.91. The van der Waals surface area contributed by atoms with E-state index in [4.69, 9.17) is 0 Å². The highest BCUT2D eigenvalue weighted by molar-refractivity contribution is 5.57. The van der Waals surface area contributed by atoms with Gasteiger partial charge in [0.15, 0.2) is 6.29 Å². The van der Waals surface area contributed by atoms with Crippen LogP contribution in [0.3, 0.4) is 0 Å². The molecule has 1 aliphatic rings. The van der Waals surface area contributed by atoms with Gasteiger partial charge in [0.1, 0.15) is 6.17 Å². The number of hydrogen-bond acceptors (Lipinski definition) is 3. The van der Waals surface area contributed by atoms with Crippen LogP contribution in [-0.2, 0) is 17.9 Å². The van der Waals surface area contributed by atoms with Crippen molar-refractivity contribution >= 4 is 6.29 Å². The molecule has 1 fully saturated rings. The molecule has 0 saturated carbocycles. The van der Waals surface area contributed by atoms with Crippen LogP contribution in [0, 0.1) is 0 Å². The van der Waals surface area contributed by atoms with Crippen LogP contribution in [0.15, 0.2) is 60.7 Å². The number of carbonyl (C=O) groups excluding carboxylic acids is 1. The molecule has 21 heavy (non-hydrogen) atoms. The number of hydrogen-bond donors (Lipinski definition) is 0. The third-order valence-corrected chi connectivity index (χ3v) is 4.00. The Balaban J connectivity index is 1.67. The molecule has 3 heteroatoms. The molecular formula is C18H20N2O. The van der Waals surface area contributed by atoms with E-state index in [2.05, 4.69) is 34.1 Å². The summed E-state index contributed by atoms with van der Waals surface area (Å²) in [5, 5.41) is 0. The van der Waals surface area contributed by atoms with Crippen molar-refractivity contribution in [1.82, 2.24) is 9.80 Å². The van der Waals surface area contributed by atoms with Crippen molar-refractivity contribution in [3.8, 4) is 0 Å². The maximum Gasteiger partial charge on any atom is 0.151 e. The number of benzene rings is 2. The van der Waals surface area contributed by atoms with Gasteiger partial charge in [-0.1, -0.05) is 60.7 Å². The number of aldehydes is 1. The van der Waals surface area contributed by atoms with E-state index in [1.54, 1.807) is 0 Å². The molecule has 2 aromatic rings. The lowest BCUT2D eigenvalue weighted by Crippen LogP contribution is -2.39. The van der Waals surface area contributed by atoms with Gasteiger partial charge in [0.25, 0.3) is 0 Å². The highest BCUT2D eigenvalue weighted by Crippen LogP contribution is 2.19. The molecule has 1 saturated heterocycles. The van der Waals surface area contributed by atoms with Crippen molar-refractivity contribution in [3.63, 3.8) is 0 Å². The zero-order valence-corrected chi connectivity index (χ0v) is 12.1. The van der Waals surface area contributed by atoms with Gasteiger partial charge in [-0.2, -0.15) is 0 Å². The minimum absolute atomic E-state index is 0.120. The summed E-state index contributed by atoms with van der Waals surface area (Å²) in [6.45, 7) is 3.53. The second-order valence-electron chi connectivity index (χ2n) is 5.46. The van der Waals surface area contributed by atoms with Crippen molar-refractivity contribution in [2.24, 2.45) is 0 Å². The highest BCUT2D eigenvalue weighted by Gasteiger charge is 2.31. The lowest BCUT2D eigenvalue weighted by atomic mass is 10.2. The maximum absolute atomic E-state index is 11.5. The molecule has 3 rings (SSSR count). The molecule has 0 radical (unpaired) electrons. The molecule has 0 amide bonds. The largest absolute Gasteiger partial charge is 0.300 e. The van der Waals surface area contributed by atoms with Gasteiger partial charge >= 0.3 is 0 Å². The lowest BCUT2D eigenvalue weighted by molar-refractivity contribution is -0.115. The molecule has 0 N–H and O–H groups in total. The molecular weight excluding hydrogens is 260 g/mol. The topological polar surface area (TPSA) is 23.6 Å². The number of nitrogens with zero attached hydrogens (tertiary/aromatic N) is 2. The predicted molar refractivity (Wildman–Crippen MR) is 83.6 cm³/mol. The first-order valence-electron chi connectivity index (χ1n) is 7.38. The molecule has 0 atom stereocenters.